The molecule has 1 amide bonds. The Labute approximate surface area is 140 Å². The minimum absolute atomic E-state index is 0.0597. The molecule has 1 aliphatic heterocycles. The molecule has 1 aromatic carbocycles. The molecule has 1 aromatic heterocycles. The van der Waals surface area contributed by atoms with Crippen molar-refractivity contribution < 1.29 is 22.5 Å². The maximum absolute atomic E-state index is 12.7. The Hall–Kier alpha value is -2.35. The number of aryl methyl sites for hydroxylation is 2. The van der Waals surface area contributed by atoms with Crippen LogP contribution in [0.3, 0.4) is 0 Å². The van der Waals surface area contributed by atoms with Crippen molar-refractivity contribution in [2.24, 2.45) is 5.92 Å². The first-order valence-electron chi connectivity index (χ1n) is 7.48. The van der Waals surface area contributed by atoms with Gasteiger partial charge in [-0.25, -0.2) is 12.7 Å². The molecule has 0 bridgehead atoms. The molecule has 0 fully saturated rings. The summed E-state index contributed by atoms with van der Waals surface area (Å²) in [6, 6.07) is 7.42. The van der Waals surface area contributed by atoms with Crippen molar-refractivity contribution in [2.75, 3.05) is 13.7 Å². The Morgan fingerprint density at radius 3 is 2.67 bits per heavy atom. The summed E-state index contributed by atoms with van der Waals surface area (Å²) in [5.74, 6) is -0.167. The first-order chi connectivity index (χ1) is 11.3. The van der Waals surface area contributed by atoms with Crippen molar-refractivity contribution in [1.82, 2.24) is 9.46 Å². The van der Waals surface area contributed by atoms with Gasteiger partial charge in [-0.3, -0.25) is 4.79 Å². The summed E-state index contributed by atoms with van der Waals surface area (Å²) < 4.78 is 36.7. The largest absolute Gasteiger partial charge is 0.492 e. The Morgan fingerprint density at radius 2 is 2.00 bits per heavy atom. The number of fused-ring (bicyclic) bond motifs is 1. The predicted octanol–water partition coefficient (Wildman–Crippen LogP) is 1.69. The van der Waals surface area contributed by atoms with E-state index in [1.54, 1.807) is 0 Å². The van der Waals surface area contributed by atoms with E-state index in [1.807, 2.05) is 24.3 Å². The summed E-state index contributed by atoms with van der Waals surface area (Å²) in [7, 11) is -2.76. The molecule has 2 heterocycles. The van der Waals surface area contributed by atoms with Crippen LogP contribution in [0.5, 0.6) is 5.75 Å². The summed E-state index contributed by atoms with van der Waals surface area (Å²) in [5.41, 5.74) is 1.13. The maximum atomic E-state index is 12.7. The van der Waals surface area contributed by atoms with E-state index in [1.165, 1.54) is 20.9 Å². The molecule has 24 heavy (non-hydrogen) atoms. The zero-order valence-electron chi connectivity index (χ0n) is 13.6. The Balaban J connectivity index is 1.86. The van der Waals surface area contributed by atoms with E-state index in [0.717, 1.165) is 15.6 Å². The number of carbonyl (C=O) groups is 1. The molecule has 7 nitrogen and oxygen atoms in total. The molecular weight excluding hydrogens is 332 g/mol. The highest BCUT2D eigenvalue weighted by atomic mass is 32.2. The first-order valence-corrected chi connectivity index (χ1v) is 8.92. The minimum Gasteiger partial charge on any atom is -0.492 e. The zero-order chi connectivity index (χ0) is 17.5. The van der Waals surface area contributed by atoms with Crippen molar-refractivity contribution in [1.29, 1.82) is 0 Å². The number of nitrogens with zero attached hydrogens (tertiary/aromatic N) is 2. The summed E-state index contributed by atoms with van der Waals surface area (Å²) in [5, 5.41) is 3.65. The molecule has 1 unspecified atom stereocenters. The van der Waals surface area contributed by atoms with Crippen LogP contribution in [0.15, 0.2) is 33.7 Å². The van der Waals surface area contributed by atoms with E-state index < -0.39 is 21.8 Å². The van der Waals surface area contributed by atoms with Gasteiger partial charge in [-0.15, -0.1) is 0 Å². The topological polar surface area (TPSA) is 89.7 Å². The van der Waals surface area contributed by atoms with Gasteiger partial charge in [0.2, 0.25) is 5.91 Å². The quantitative estimate of drug-likeness (QED) is 0.837. The van der Waals surface area contributed by atoms with Crippen molar-refractivity contribution >= 4 is 15.9 Å². The maximum Gasteiger partial charge on any atom is 0.271 e. The van der Waals surface area contributed by atoms with E-state index >= 15 is 0 Å². The second-order valence-corrected chi connectivity index (χ2v) is 7.69. The van der Waals surface area contributed by atoms with Crippen LogP contribution in [-0.4, -0.2) is 37.4 Å². The Morgan fingerprint density at radius 1 is 1.29 bits per heavy atom. The molecule has 2 aromatic rings. The van der Waals surface area contributed by atoms with E-state index in [9.17, 15) is 13.2 Å². The summed E-state index contributed by atoms with van der Waals surface area (Å²) in [6.45, 7) is 3.18. The summed E-state index contributed by atoms with van der Waals surface area (Å²) >= 11 is 0. The van der Waals surface area contributed by atoms with E-state index in [4.69, 9.17) is 9.26 Å². The van der Waals surface area contributed by atoms with Crippen LogP contribution in [0.2, 0.25) is 0 Å². The number of sulfonamides is 1. The van der Waals surface area contributed by atoms with Crippen LogP contribution < -0.4 is 4.74 Å². The lowest BCUT2D eigenvalue weighted by atomic mass is 9.96. The molecule has 3 rings (SSSR count). The molecule has 0 saturated heterocycles. The Bertz CT molecular complexity index is 868. The average molecular weight is 350 g/mol. The van der Waals surface area contributed by atoms with Gasteiger partial charge in [-0.1, -0.05) is 23.4 Å². The van der Waals surface area contributed by atoms with Gasteiger partial charge in [-0.05, 0) is 31.9 Å². The molecule has 1 atom stereocenters. The fourth-order valence-electron chi connectivity index (χ4n) is 2.84. The number of amides is 1. The Kier molecular flexibility index (Phi) is 4.08. The van der Waals surface area contributed by atoms with E-state index in [0.29, 0.717) is 6.42 Å². The number of ether oxygens (including phenoxy) is 1. The fraction of sp³-hybridized carbons (Fsp3) is 0.375. The van der Waals surface area contributed by atoms with Crippen molar-refractivity contribution in [3.63, 3.8) is 0 Å². The van der Waals surface area contributed by atoms with Gasteiger partial charge in [0.05, 0.1) is 5.92 Å². The third kappa shape index (κ3) is 2.66. The van der Waals surface area contributed by atoms with Gasteiger partial charge in [0.15, 0.2) is 10.7 Å². The standard InChI is InChI=1S/C16H18N2O5S/c1-10-15(11(2)23-17-10)24(20,21)18(3)16(19)13-8-12-6-4-5-7-14(12)22-9-13/h4-7,13H,8-9H2,1-3H3. The van der Waals surface area contributed by atoms with Gasteiger partial charge in [-0.2, -0.15) is 0 Å². The van der Waals surface area contributed by atoms with Crippen LogP contribution in [-0.2, 0) is 21.2 Å². The highest BCUT2D eigenvalue weighted by Crippen LogP contribution is 2.29. The van der Waals surface area contributed by atoms with Crippen molar-refractivity contribution in [3.8, 4) is 5.75 Å². The molecule has 1 aliphatic rings. The molecular formula is C16H18N2O5S. The number of rotatable bonds is 3. The molecule has 0 aliphatic carbocycles. The second-order valence-electron chi connectivity index (χ2n) is 5.78. The van der Waals surface area contributed by atoms with Gasteiger partial charge in [0.1, 0.15) is 18.1 Å². The lowest BCUT2D eigenvalue weighted by Crippen LogP contribution is -2.42. The molecule has 128 valence electrons. The van der Waals surface area contributed by atoms with Gasteiger partial charge < -0.3 is 9.26 Å². The third-order valence-corrected chi connectivity index (χ3v) is 6.12. The lowest BCUT2D eigenvalue weighted by molar-refractivity contribution is -0.131. The highest BCUT2D eigenvalue weighted by molar-refractivity contribution is 7.89. The molecule has 0 N–H and O–H groups in total. The fourth-order valence-corrected chi connectivity index (χ4v) is 4.31. The van der Waals surface area contributed by atoms with Crippen LogP contribution in [0.1, 0.15) is 17.0 Å². The zero-order valence-corrected chi connectivity index (χ0v) is 14.5. The van der Waals surface area contributed by atoms with Crippen molar-refractivity contribution in [2.45, 2.75) is 25.2 Å². The third-order valence-electron chi connectivity index (χ3n) is 4.12. The SMILES string of the molecule is Cc1noc(C)c1S(=O)(=O)N(C)C(=O)C1COc2ccccc2C1. The number of carbonyl (C=O) groups excluding carboxylic acids is 1. The van der Waals surface area contributed by atoms with Gasteiger partial charge >= 0.3 is 0 Å². The molecule has 0 spiro atoms. The van der Waals surface area contributed by atoms with Crippen LogP contribution >= 0.6 is 0 Å². The average Bonchev–Trinajstić information content (AvgIpc) is 2.92. The van der Waals surface area contributed by atoms with Crippen LogP contribution in [0, 0.1) is 19.8 Å². The van der Waals surface area contributed by atoms with Crippen molar-refractivity contribution in [3.05, 3.63) is 41.3 Å². The van der Waals surface area contributed by atoms with Crippen LogP contribution in [0.4, 0.5) is 0 Å². The number of para-hydroxylation sites is 1. The first kappa shape index (κ1) is 16.5. The molecule has 8 heteroatoms. The van der Waals surface area contributed by atoms with Gasteiger partial charge in [0.25, 0.3) is 10.0 Å². The predicted molar refractivity (Wildman–Crippen MR) is 85.1 cm³/mol. The highest BCUT2D eigenvalue weighted by Gasteiger charge is 2.36. The number of benzene rings is 1. The smallest absolute Gasteiger partial charge is 0.271 e. The lowest BCUT2D eigenvalue weighted by Gasteiger charge is -2.27. The number of hydrogen-bond donors (Lipinski definition) is 0. The second kappa shape index (κ2) is 5.94. The van der Waals surface area contributed by atoms with E-state index in [-0.39, 0.29) is 23.0 Å². The summed E-state index contributed by atoms with van der Waals surface area (Å²) in [6.07, 6.45) is 0.441. The van der Waals surface area contributed by atoms with Crippen LogP contribution in [0.25, 0.3) is 0 Å². The number of hydrogen-bond acceptors (Lipinski definition) is 6. The minimum atomic E-state index is -4.01. The summed E-state index contributed by atoms with van der Waals surface area (Å²) in [4.78, 5) is 12.6. The number of aromatic nitrogens is 1. The molecule has 0 radical (unpaired) electrons. The monoisotopic (exact) mass is 350 g/mol. The van der Waals surface area contributed by atoms with E-state index in [2.05, 4.69) is 5.16 Å². The van der Waals surface area contributed by atoms with Gasteiger partial charge in [0, 0.05) is 7.05 Å². The molecule has 0 saturated carbocycles. The normalized spacial score (nSPS) is 17.0.